The molecular formula is C21H28F2N6O. The summed E-state index contributed by atoms with van der Waals surface area (Å²) in [5.41, 5.74) is 5.68. The summed E-state index contributed by atoms with van der Waals surface area (Å²) in [5.74, 6) is -1.96. The number of halogens is 2. The second-order valence-electron chi connectivity index (χ2n) is 8.01. The normalized spacial score (nSPS) is 21.0. The molecule has 162 valence electrons. The predicted molar refractivity (Wildman–Crippen MR) is 113 cm³/mol. The lowest BCUT2D eigenvalue weighted by atomic mass is 9.84. The van der Waals surface area contributed by atoms with Crippen LogP contribution in [0.2, 0.25) is 0 Å². The third-order valence-corrected chi connectivity index (χ3v) is 5.81. The first kappa shape index (κ1) is 21.9. The first-order valence-electron chi connectivity index (χ1n) is 9.84. The number of hydrogen-bond acceptors (Lipinski definition) is 6. The van der Waals surface area contributed by atoms with Crippen LogP contribution in [0.1, 0.15) is 26.5 Å². The molecule has 30 heavy (non-hydrogen) atoms. The Kier molecular flexibility index (Phi) is 6.23. The number of H-pyrrole nitrogens is 1. The molecule has 1 aliphatic rings. The van der Waals surface area contributed by atoms with Crippen molar-refractivity contribution in [2.24, 2.45) is 11.7 Å². The van der Waals surface area contributed by atoms with Gasteiger partial charge in [-0.15, -0.1) is 0 Å². The van der Waals surface area contributed by atoms with Crippen molar-refractivity contribution in [3.05, 3.63) is 54.2 Å². The molecule has 2 aromatic rings. The molecule has 3 rings (SSSR count). The van der Waals surface area contributed by atoms with Crippen LogP contribution in [0.4, 0.5) is 8.78 Å². The van der Waals surface area contributed by atoms with Gasteiger partial charge in [0.2, 0.25) is 0 Å². The number of hydrogen-bond donors (Lipinski definition) is 4. The lowest BCUT2D eigenvalue weighted by Crippen LogP contribution is -2.62. The van der Waals surface area contributed by atoms with E-state index in [9.17, 15) is 13.9 Å². The molecule has 5 N–H and O–H groups in total. The smallest absolute Gasteiger partial charge is 0.181 e. The van der Waals surface area contributed by atoms with E-state index in [1.165, 1.54) is 0 Å². The standard InChI is InChI=1S/C21H28F2N6O/c1-12(2)21(4,30)17-11-29(9-8-25-17)19(24)16(23)10-15(22)13(3)18-14-6-5-7-26-20(14)28-27-18/h5-7,10,12,17,25,30H,3,8-9,11,24H2,1-2,4H3,(H,26,27,28)/b15-10+,19-16-. The summed E-state index contributed by atoms with van der Waals surface area (Å²) >= 11 is 0. The molecule has 1 aliphatic heterocycles. The molecule has 0 aliphatic carbocycles. The molecule has 0 amide bonds. The van der Waals surface area contributed by atoms with Crippen LogP contribution in [0.3, 0.4) is 0 Å². The summed E-state index contributed by atoms with van der Waals surface area (Å²) in [6, 6.07) is 3.12. The minimum Gasteiger partial charge on any atom is -0.388 e. The molecule has 7 nitrogen and oxygen atoms in total. The highest BCUT2D eigenvalue weighted by molar-refractivity contribution is 5.91. The number of aromatic amines is 1. The molecule has 0 saturated carbocycles. The number of nitrogens with one attached hydrogen (secondary N) is 2. The highest BCUT2D eigenvalue weighted by atomic mass is 19.1. The summed E-state index contributed by atoms with van der Waals surface area (Å²) in [7, 11) is 0. The number of aromatic nitrogens is 3. The number of rotatable bonds is 6. The van der Waals surface area contributed by atoms with Crippen LogP contribution in [-0.4, -0.2) is 56.5 Å². The fraction of sp³-hybridized carbons (Fsp3) is 0.429. The van der Waals surface area contributed by atoms with Gasteiger partial charge in [0, 0.05) is 42.9 Å². The van der Waals surface area contributed by atoms with E-state index in [0.29, 0.717) is 36.4 Å². The van der Waals surface area contributed by atoms with Gasteiger partial charge in [-0.2, -0.15) is 5.10 Å². The zero-order valence-corrected chi connectivity index (χ0v) is 17.4. The molecule has 0 spiro atoms. The number of nitrogens with zero attached hydrogens (tertiary/aromatic N) is 3. The lowest BCUT2D eigenvalue weighted by Gasteiger charge is -2.43. The quantitative estimate of drug-likeness (QED) is 0.538. The fourth-order valence-corrected chi connectivity index (χ4v) is 3.39. The van der Waals surface area contributed by atoms with Crippen LogP contribution in [-0.2, 0) is 0 Å². The average molecular weight is 418 g/mol. The van der Waals surface area contributed by atoms with Crippen molar-refractivity contribution in [2.75, 3.05) is 19.6 Å². The Morgan fingerprint density at radius 1 is 1.47 bits per heavy atom. The van der Waals surface area contributed by atoms with Gasteiger partial charge in [0.1, 0.15) is 11.6 Å². The molecule has 0 aromatic carbocycles. The average Bonchev–Trinajstić information content (AvgIpc) is 3.16. The van der Waals surface area contributed by atoms with Crippen molar-refractivity contribution in [3.8, 4) is 0 Å². The van der Waals surface area contributed by atoms with Gasteiger partial charge < -0.3 is 21.1 Å². The van der Waals surface area contributed by atoms with Crippen LogP contribution < -0.4 is 11.1 Å². The van der Waals surface area contributed by atoms with Crippen LogP contribution in [0.25, 0.3) is 16.6 Å². The zero-order valence-electron chi connectivity index (χ0n) is 17.4. The highest BCUT2D eigenvalue weighted by Crippen LogP contribution is 2.28. The number of fused-ring (bicyclic) bond motifs is 1. The van der Waals surface area contributed by atoms with E-state index in [0.717, 1.165) is 6.08 Å². The van der Waals surface area contributed by atoms with E-state index in [1.54, 1.807) is 30.2 Å². The second kappa shape index (κ2) is 8.53. The molecule has 1 saturated heterocycles. The lowest BCUT2D eigenvalue weighted by molar-refractivity contribution is -0.0380. The van der Waals surface area contributed by atoms with Gasteiger partial charge in [-0.3, -0.25) is 5.10 Å². The highest BCUT2D eigenvalue weighted by Gasteiger charge is 2.38. The van der Waals surface area contributed by atoms with Crippen molar-refractivity contribution in [1.82, 2.24) is 25.4 Å². The van der Waals surface area contributed by atoms with Crippen molar-refractivity contribution >= 4 is 16.6 Å². The molecule has 1 fully saturated rings. The summed E-state index contributed by atoms with van der Waals surface area (Å²) < 4.78 is 29.5. The Morgan fingerprint density at radius 2 is 2.20 bits per heavy atom. The molecule has 2 unspecified atom stereocenters. The summed E-state index contributed by atoms with van der Waals surface area (Å²) in [5, 5.41) is 21.2. The molecule has 0 bridgehead atoms. The van der Waals surface area contributed by atoms with E-state index in [1.807, 2.05) is 13.8 Å². The summed E-state index contributed by atoms with van der Waals surface area (Å²) in [6.45, 7) is 10.5. The topological polar surface area (TPSA) is 103 Å². The van der Waals surface area contributed by atoms with Gasteiger partial charge in [0.05, 0.1) is 17.3 Å². The van der Waals surface area contributed by atoms with E-state index in [2.05, 4.69) is 27.1 Å². The maximum Gasteiger partial charge on any atom is 0.181 e. The predicted octanol–water partition coefficient (Wildman–Crippen LogP) is 2.60. The Labute approximate surface area is 174 Å². The van der Waals surface area contributed by atoms with Gasteiger partial charge in [-0.05, 0) is 25.0 Å². The molecule has 3 heterocycles. The number of piperazine rings is 1. The van der Waals surface area contributed by atoms with Crippen LogP contribution in [0.15, 0.2) is 48.5 Å². The Balaban J connectivity index is 1.80. The third kappa shape index (κ3) is 4.22. The molecule has 2 aromatic heterocycles. The van der Waals surface area contributed by atoms with Gasteiger partial charge in [0.15, 0.2) is 11.5 Å². The van der Waals surface area contributed by atoms with Crippen molar-refractivity contribution < 1.29 is 13.9 Å². The second-order valence-corrected chi connectivity index (χ2v) is 8.01. The van der Waals surface area contributed by atoms with Crippen LogP contribution in [0, 0.1) is 5.92 Å². The fourth-order valence-electron chi connectivity index (χ4n) is 3.39. The van der Waals surface area contributed by atoms with Crippen LogP contribution in [0.5, 0.6) is 0 Å². The Morgan fingerprint density at radius 3 is 2.90 bits per heavy atom. The van der Waals surface area contributed by atoms with E-state index < -0.39 is 17.3 Å². The molecule has 9 heteroatoms. The number of allylic oxidation sites excluding steroid dienone is 4. The van der Waals surface area contributed by atoms with Gasteiger partial charge in [-0.25, -0.2) is 13.8 Å². The SMILES string of the molecule is C=C(/C(F)=C\C(F)=C(/N)N1CCNC(C(C)(O)C(C)C)C1)c1[nH]nc2ncccc12. The first-order valence-corrected chi connectivity index (χ1v) is 9.84. The van der Waals surface area contributed by atoms with E-state index in [4.69, 9.17) is 5.73 Å². The zero-order chi connectivity index (χ0) is 22.1. The molecule has 0 radical (unpaired) electrons. The van der Waals surface area contributed by atoms with Crippen molar-refractivity contribution in [1.29, 1.82) is 0 Å². The van der Waals surface area contributed by atoms with Crippen molar-refractivity contribution in [3.63, 3.8) is 0 Å². The number of pyridine rings is 1. The molecule has 2 atom stereocenters. The largest absolute Gasteiger partial charge is 0.388 e. The third-order valence-electron chi connectivity index (χ3n) is 5.81. The minimum absolute atomic E-state index is 0.00983. The van der Waals surface area contributed by atoms with Crippen molar-refractivity contribution in [2.45, 2.75) is 32.4 Å². The van der Waals surface area contributed by atoms with E-state index in [-0.39, 0.29) is 23.4 Å². The first-order chi connectivity index (χ1) is 14.1. The Hall–Kier alpha value is -2.78. The van der Waals surface area contributed by atoms with Gasteiger partial charge in [0.25, 0.3) is 0 Å². The van der Waals surface area contributed by atoms with Crippen LogP contribution >= 0.6 is 0 Å². The maximum absolute atomic E-state index is 14.8. The minimum atomic E-state index is -0.999. The van der Waals surface area contributed by atoms with Gasteiger partial charge >= 0.3 is 0 Å². The van der Waals surface area contributed by atoms with Gasteiger partial charge in [-0.1, -0.05) is 20.4 Å². The number of nitrogens with two attached hydrogens (primary N) is 1. The maximum atomic E-state index is 14.8. The number of aliphatic hydroxyl groups is 1. The monoisotopic (exact) mass is 418 g/mol. The summed E-state index contributed by atoms with van der Waals surface area (Å²) in [6.07, 6.45) is 2.29. The van der Waals surface area contributed by atoms with E-state index >= 15 is 0 Å². The molecular weight excluding hydrogens is 390 g/mol. The summed E-state index contributed by atoms with van der Waals surface area (Å²) in [4.78, 5) is 5.68. The Bertz CT molecular complexity index is 994.